The van der Waals surface area contributed by atoms with Crippen LogP contribution in [0, 0.1) is 18.6 Å². The summed E-state index contributed by atoms with van der Waals surface area (Å²) in [6.45, 7) is 1.30. The second-order valence-electron chi connectivity index (χ2n) is 4.56. The van der Waals surface area contributed by atoms with E-state index in [0.29, 0.717) is 5.56 Å². The number of rotatable bonds is 4. The van der Waals surface area contributed by atoms with Crippen LogP contribution in [0.5, 0.6) is 0 Å². The van der Waals surface area contributed by atoms with Crippen LogP contribution >= 0.6 is 0 Å². The molecule has 0 saturated heterocycles. The van der Waals surface area contributed by atoms with E-state index in [-0.39, 0.29) is 17.8 Å². The van der Waals surface area contributed by atoms with Crippen LogP contribution in [0.4, 0.5) is 14.5 Å². The fourth-order valence-electron chi connectivity index (χ4n) is 1.77. The molecule has 2 aromatic carbocycles. The molecule has 0 aromatic heterocycles. The van der Waals surface area contributed by atoms with Gasteiger partial charge in [-0.05, 0) is 30.7 Å². The third-order valence-electron chi connectivity index (χ3n) is 3.02. The van der Waals surface area contributed by atoms with Gasteiger partial charge in [-0.1, -0.05) is 18.2 Å². The maximum atomic E-state index is 13.8. The average Bonchev–Trinajstić information content (AvgIpc) is 2.42. The highest BCUT2D eigenvalue weighted by atomic mass is 32.2. The number of benzene rings is 2. The van der Waals surface area contributed by atoms with Gasteiger partial charge in [0.1, 0.15) is 16.5 Å². The molecule has 2 aromatic rings. The first-order valence-corrected chi connectivity index (χ1v) is 7.58. The van der Waals surface area contributed by atoms with Gasteiger partial charge in [0.15, 0.2) is 0 Å². The Morgan fingerprint density at radius 2 is 1.81 bits per heavy atom. The molecular weight excluding hydrogens is 298 g/mol. The molecule has 4 nitrogen and oxygen atoms in total. The third-order valence-corrected chi connectivity index (χ3v) is 4.44. The molecule has 0 atom stereocenters. The fourth-order valence-corrected chi connectivity index (χ4v) is 2.87. The summed E-state index contributed by atoms with van der Waals surface area (Å²) in [7, 11) is -4.12. The monoisotopic (exact) mass is 312 g/mol. The Hall–Kier alpha value is -1.99. The van der Waals surface area contributed by atoms with Gasteiger partial charge in [-0.25, -0.2) is 21.9 Å². The van der Waals surface area contributed by atoms with Crippen LogP contribution in [-0.4, -0.2) is 8.42 Å². The molecule has 7 heteroatoms. The first kappa shape index (κ1) is 15.4. The minimum atomic E-state index is -4.12. The highest BCUT2D eigenvalue weighted by molar-refractivity contribution is 7.89. The zero-order valence-electron chi connectivity index (χ0n) is 11.2. The molecule has 0 heterocycles. The van der Waals surface area contributed by atoms with Gasteiger partial charge >= 0.3 is 0 Å². The van der Waals surface area contributed by atoms with Gasteiger partial charge in [-0.15, -0.1) is 0 Å². The van der Waals surface area contributed by atoms with Gasteiger partial charge in [-0.2, -0.15) is 0 Å². The summed E-state index contributed by atoms with van der Waals surface area (Å²) in [5, 5.41) is 0. The molecule has 0 bridgehead atoms. The minimum absolute atomic E-state index is 0.168. The smallest absolute Gasteiger partial charge is 0.243 e. The number of nitrogens with two attached hydrogens (primary N) is 1. The van der Waals surface area contributed by atoms with Gasteiger partial charge in [0.2, 0.25) is 10.0 Å². The van der Waals surface area contributed by atoms with Crippen molar-refractivity contribution in [1.82, 2.24) is 4.72 Å². The number of nitrogens with one attached hydrogen (secondary N) is 1. The van der Waals surface area contributed by atoms with Crippen LogP contribution in [0.25, 0.3) is 0 Å². The molecule has 21 heavy (non-hydrogen) atoms. The van der Waals surface area contributed by atoms with Crippen LogP contribution in [0.15, 0.2) is 41.3 Å². The normalized spacial score (nSPS) is 11.6. The number of anilines is 1. The summed E-state index contributed by atoms with van der Waals surface area (Å²) in [6, 6.07) is 7.83. The zero-order valence-corrected chi connectivity index (χ0v) is 12.0. The van der Waals surface area contributed by atoms with Crippen molar-refractivity contribution in [2.75, 3.05) is 5.73 Å². The molecule has 0 saturated carbocycles. The van der Waals surface area contributed by atoms with E-state index in [1.54, 1.807) is 13.0 Å². The Labute approximate surface area is 121 Å². The standard InChI is InChI=1S/C14H14F2N2O2S/c1-9-6-12(16)14(7-13(9)17)21(19,20)18-8-10-4-2-3-5-11(10)15/h2-7,18H,8,17H2,1H3. The van der Waals surface area contributed by atoms with Crippen molar-refractivity contribution in [2.24, 2.45) is 0 Å². The molecule has 2 rings (SSSR count). The predicted molar refractivity (Wildman–Crippen MR) is 76.0 cm³/mol. The van der Waals surface area contributed by atoms with Crippen LogP contribution in [0.2, 0.25) is 0 Å². The van der Waals surface area contributed by atoms with Crippen LogP contribution < -0.4 is 10.5 Å². The van der Waals surface area contributed by atoms with Gasteiger partial charge < -0.3 is 5.73 Å². The van der Waals surface area contributed by atoms with Crippen molar-refractivity contribution < 1.29 is 17.2 Å². The van der Waals surface area contributed by atoms with Crippen LogP contribution in [-0.2, 0) is 16.6 Å². The molecule has 0 aliphatic carbocycles. The molecule has 112 valence electrons. The number of hydrogen-bond donors (Lipinski definition) is 2. The van der Waals surface area contributed by atoms with Crippen molar-refractivity contribution in [1.29, 1.82) is 0 Å². The summed E-state index contributed by atoms with van der Waals surface area (Å²) >= 11 is 0. The lowest BCUT2D eigenvalue weighted by Gasteiger charge is -2.10. The van der Waals surface area contributed by atoms with Gasteiger partial charge in [-0.3, -0.25) is 0 Å². The van der Waals surface area contributed by atoms with Crippen molar-refractivity contribution in [2.45, 2.75) is 18.4 Å². The average molecular weight is 312 g/mol. The van der Waals surface area contributed by atoms with Gasteiger partial charge in [0, 0.05) is 17.8 Å². The Bertz CT molecular complexity index is 777. The largest absolute Gasteiger partial charge is 0.398 e. The molecule has 0 aliphatic rings. The van der Waals surface area contributed by atoms with Crippen molar-refractivity contribution in [3.05, 3.63) is 59.2 Å². The lowest BCUT2D eigenvalue weighted by atomic mass is 10.2. The van der Waals surface area contributed by atoms with E-state index in [9.17, 15) is 17.2 Å². The summed E-state index contributed by atoms with van der Waals surface area (Å²) in [5.74, 6) is -1.44. The second-order valence-corrected chi connectivity index (χ2v) is 6.29. The Balaban J connectivity index is 2.27. The molecule has 0 aliphatic heterocycles. The van der Waals surface area contributed by atoms with Gasteiger partial charge in [0.25, 0.3) is 0 Å². The molecule has 0 spiro atoms. The second kappa shape index (κ2) is 5.79. The van der Waals surface area contributed by atoms with E-state index in [2.05, 4.69) is 4.72 Å². The minimum Gasteiger partial charge on any atom is -0.398 e. The number of halogens is 2. The number of nitrogen functional groups attached to an aromatic ring is 1. The van der Waals surface area contributed by atoms with Crippen molar-refractivity contribution in [3.8, 4) is 0 Å². The van der Waals surface area contributed by atoms with E-state index in [4.69, 9.17) is 5.73 Å². The number of sulfonamides is 1. The molecule has 0 fully saturated rings. The number of aryl methyl sites for hydroxylation is 1. The van der Waals surface area contributed by atoms with E-state index in [1.165, 1.54) is 18.2 Å². The van der Waals surface area contributed by atoms with Crippen molar-refractivity contribution >= 4 is 15.7 Å². The molecular formula is C14H14F2N2O2S. The predicted octanol–water partition coefficient (Wildman–Crippen LogP) is 2.33. The molecule has 0 amide bonds. The highest BCUT2D eigenvalue weighted by Crippen LogP contribution is 2.21. The Kier molecular flexibility index (Phi) is 4.24. The first-order chi connectivity index (χ1) is 9.81. The van der Waals surface area contributed by atoms with Crippen LogP contribution in [0.3, 0.4) is 0 Å². The van der Waals surface area contributed by atoms with E-state index in [1.807, 2.05) is 0 Å². The third kappa shape index (κ3) is 3.37. The van der Waals surface area contributed by atoms with Gasteiger partial charge in [0.05, 0.1) is 0 Å². The summed E-state index contributed by atoms with van der Waals surface area (Å²) in [4.78, 5) is -0.554. The number of hydrogen-bond acceptors (Lipinski definition) is 3. The van der Waals surface area contributed by atoms with E-state index in [0.717, 1.165) is 12.1 Å². The summed E-state index contributed by atoms with van der Waals surface area (Å²) in [5.41, 5.74) is 6.38. The molecule has 0 radical (unpaired) electrons. The van der Waals surface area contributed by atoms with E-state index >= 15 is 0 Å². The summed E-state index contributed by atoms with van der Waals surface area (Å²) in [6.07, 6.45) is 0. The Morgan fingerprint density at radius 1 is 1.14 bits per heavy atom. The molecule has 0 unspecified atom stereocenters. The Morgan fingerprint density at radius 3 is 2.48 bits per heavy atom. The quantitative estimate of drug-likeness (QED) is 0.851. The SMILES string of the molecule is Cc1cc(F)c(S(=O)(=O)NCc2ccccc2F)cc1N. The lowest BCUT2D eigenvalue weighted by Crippen LogP contribution is -2.25. The van der Waals surface area contributed by atoms with Crippen molar-refractivity contribution in [3.63, 3.8) is 0 Å². The maximum absolute atomic E-state index is 13.8. The molecule has 3 N–H and O–H groups in total. The van der Waals surface area contributed by atoms with Crippen LogP contribution in [0.1, 0.15) is 11.1 Å². The fraction of sp³-hybridized carbons (Fsp3) is 0.143. The summed E-state index contributed by atoms with van der Waals surface area (Å²) < 4.78 is 53.5. The van der Waals surface area contributed by atoms with E-state index < -0.39 is 26.6 Å². The zero-order chi connectivity index (χ0) is 15.6. The highest BCUT2D eigenvalue weighted by Gasteiger charge is 2.20. The first-order valence-electron chi connectivity index (χ1n) is 6.10. The lowest BCUT2D eigenvalue weighted by molar-refractivity contribution is 0.553. The topological polar surface area (TPSA) is 72.2 Å². The maximum Gasteiger partial charge on any atom is 0.243 e.